The molecule has 0 radical (unpaired) electrons. The summed E-state index contributed by atoms with van der Waals surface area (Å²) in [7, 11) is 0. The largest absolute Gasteiger partial charge is 0.458 e. The number of hydrogen-bond acceptors (Lipinski definition) is 2. The summed E-state index contributed by atoms with van der Waals surface area (Å²) in [4.78, 5) is 4.87. The standard InChI is InChI=1S/C53H48N4O/c1-51(2,3)36-28-29-54-48(30-36)57-44-21-12-11-20-41(44)42-25-24-39(32-47(42)57)58-38-19-15-18-37(31-38)55-34-56(46-23-14-13-22-45(46)55)50-40(35-16-9-8-10-17-35)26-27-43-49(50)53(6,7)33-52(43,4)5/h8-32H,33H2,1-7H3. The number of ether oxygens (including phenoxy) is 1. The molecule has 0 N–H and O–H groups in total. The van der Waals surface area contributed by atoms with Crippen LogP contribution in [0.5, 0.6) is 11.5 Å². The van der Waals surface area contributed by atoms with Gasteiger partial charge in [-0.3, -0.25) is 13.7 Å². The van der Waals surface area contributed by atoms with Gasteiger partial charge in [-0.15, -0.1) is 0 Å². The second-order valence-corrected chi connectivity index (χ2v) is 18.2. The number of para-hydroxylation sites is 3. The van der Waals surface area contributed by atoms with Crippen LogP contribution in [0.2, 0.25) is 0 Å². The lowest BCUT2D eigenvalue weighted by atomic mass is 9.81. The first-order valence-corrected chi connectivity index (χ1v) is 20.3. The summed E-state index contributed by atoms with van der Waals surface area (Å²) < 4.78 is 13.5. The van der Waals surface area contributed by atoms with Crippen molar-refractivity contribution in [3.05, 3.63) is 175 Å². The highest BCUT2D eigenvalue weighted by atomic mass is 16.5. The van der Waals surface area contributed by atoms with Gasteiger partial charge in [0, 0.05) is 23.0 Å². The summed E-state index contributed by atoms with van der Waals surface area (Å²) in [6.07, 6.45) is 6.86. The molecule has 58 heavy (non-hydrogen) atoms. The first-order valence-electron chi connectivity index (χ1n) is 20.3. The third-order valence-electron chi connectivity index (χ3n) is 12.1. The molecule has 9 aromatic rings. The summed E-state index contributed by atoms with van der Waals surface area (Å²) in [5.41, 5.74) is 13.0. The van der Waals surface area contributed by atoms with Gasteiger partial charge in [0.25, 0.3) is 6.33 Å². The van der Waals surface area contributed by atoms with Crippen LogP contribution < -0.4 is 9.30 Å². The predicted molar refractivity (Wildman–Crippen MR) is 237 cm³/mol. The minimum Gasteiger partial charge on any atom is -0.458 e. The summed E-state index contributed by atoms with van der Waals surface area (Å²) in [5, 5.41) is 2.34. The van der Waals surface area contributed by atoms with Gasteiger partial charge in [-0.25, -0.2) is 4.98 Å². The molecule has 0 bridgehead atoms. The van der Waals surface area contributed by atoms with Crippen LogP contribution in [0.3, 0.4) is 0 Å². The molecule has 0 spiro atoms. The number of aromatic nitrogens is 4. The second kappa shape index (κ2) is 13.0. The zero-order chi connectivity index (χ0) is 40.0. The van der Waals surface area contributed by atoms with E-state index in [1.165, 1.54) is 38.9 Å². The lowest BCUT2D eigenvalue weighted by molar-refractivity contribution is -0.572. The summed E-state index contributed by atoms with van der Waals surface area (Å²) in [6, 6.07) is 51.7. The van der Waals surface area contributed by atoms with Gasteiger partial charge in [-0.2, -0.15) is 0 Å². The van der Waals surface area contributed by atoms with Crippen molar-refractivity contribution < 1.29 is 9.30 Å². The van der Waals surface area contributed by atoms with Gasteiger partial charge >= 0.3 is 0 Å². The number of pyridine rings is 1. The number of nitrogens with zero attached hydrogens (tertiary/aromatic N) is 4. The van der Waals surface area contributed by atoms with Gasteiger partial charge in [-0.05, 0) is 99.0 Å². The van der Waals surface area contributed by atoms with Crippen LogP contribution in [0, 0.1) is 6.33 Å². The lowest BCUT2D eigenvalue weighted by Gasteiger charge is -2.25. The van der Waals surface area contributed by atoms with E-state index >= 15 is 0 Å². The molecule has 0 amide bonds. The third-order valence-corrected chi connectivity index (χ3v) is 12.1. The van der Waals surface area contributed by atoms with E-state index in [4.69, 9.17) is 9.72 Å². The third kappa shape index (κ3) is 5.83. The van der Waals surface area contributed by atoms with Crippen molar-refractivity contribution in [1.29, 1.82) is 0 Å². The van der Waals surface area contributed by atoms with Crippen LogP contribution in [0.4, 0.5) is 0 Å². The Bertz CT molecular complexity index is 3050. The van der Waals surface area contributed by atoms with Crippen molar-refractivity contribution in [1.82, 2.24) is 14.1 Å². The Balaban J connectivity index is 1.10. The summed E-state index contributed by atoms with van der Waals surface area (Å²) in [6.45, 7) is 16.3. The molecule has 5 heteroatoms. The van der Waals surface area contributed by atoms with Crippen LogP contribution in [0.25, 0.3) is 61.2 Å². The Morgan fingerprint density at radius 3 is 2.19 bits per heavy atom. The minimum absolute atomic E-state index is 0.00368. The molecule has 10 rings (SSSR count). The number of hydrogen-bond donors (Lipinski definition) is 0. The van der Waals surface area contributed by atoms with Gasteiger partial charge in [0.2, 0.25) is 0 Å². The number of fused-ring (bicyclic) bond motifs is 5. The smallest absolute Gasteiger partial charge is 0.269 e. The molecule has 0 atom stereocenters. The van der Waals surface area contributed by atoms with E-state index in [1.54, 1.807) is 0 Å². The van der Waals surface area contributed by atoms with E-state index in [0.717, 1.165) is 56.9 Å². The van der Waals surface area contributed by atoms with Crippen LogP contribution in [-0.4, -0.2) is 14.1 Å². The minimum atomic E-state index is -0.0327. The Morgan fingerprint density at radius 2 is 1.38 bits per heavy atom. The SMILES string of the molecule is CC(C)(C)c1ccnc(-n2c3ccccc3c3ccc(Oc4cccc(-n5[c-][n+](-c6c(-c7ccccc7)ccc7c6C(C)(C)CC7(C)C)c6ccccc65)c4)cc32)c1. The molecule has 1 aliphatic rings. The monoisotopic (exact) mass is 756 g/mol. The molecule has 6 aromatic carbocycles. The van der Waals surface area contributed by atoms with E-state index in [1.807, 2.05) is 12.3 Å². The van der Waals surface area contributed by atoms with Crippen LogP contribution in [0.15, 0.2) is 152 Å². The Kier molecular flexibility index (Phi) is 8.07. The average molecular weight is 757 g/mol. The van der Waals surface area contributed by atoms with Gasteiger partial charge in [-0.1, -0.05) is 139 Å². The van der Waals surface area contributed by atoms with Crippen molar-refractivity contribution in [3.8, 4) is 39.8 Å². The highest BCUT2D eigenvalue weighted by Crippen LogP contribution is 2.52. The number of imidazole rings is 1. The fourth-order valence-corrected chi connectivity index (χ4v) is 9.72. The molecule has 3 aromatic heterocycles. The second-order valence-electron chi connectivity index (χ2n) is 18.2. The molecule has 286 valence electrons. The van der Waals surface area contributed by atoms with E-state index in [-0.39, 0.29) is 16.2 Å². The maximum Gasteiger partial charge on any atom is 0.269 e. The van der Waals surface area contributed by atoms with Crippen molar-refractivity contribution in [2.45, 2.75) is 71.1 Å². The summed E-state index contributed by atoms with van der Waals surface area (Å²) in [5.74, 6) is 2.40. The topological polar surface area (TPSA) is 35.9 Å². The average Bonchev–Trinajstić information content (AvgIpc) is 3.82. The van der Waals surface area contributed by atoms with Crippen molar-refractivity contribution in [2.75, 3.05) is 0 Å². The van der Waals surface area contributed by atoms with E-state index < -0.39 is 0 Å². The van der Waals surface area contributed by atoms with Crippen molar-refractivity contribution in [2.24, 2.45) is 0 Å². The maximum absolute atomic E-state index is 6.74. The molecule has 5 nitrogen and oxygen atoms in total. The van der Waals surface area contributed by atoms with Crippen LogP contribution >= 0.6 is 0 Å². The highest BCUT2D eigenvalue weighted by Gasteiger charge is 2.44. The van der Waals surface area contributed by atoms with Crippen molar-refractivity contribution in [3.63, 3.8) is 0 Å². The molecular weight excluding hydrogens is 709 g/mol. The van der Waals surface area contributed by atoms with Gasteiger partial charge in [0.15, 0.2) is 0 Å². The predicted octanol–water partition coefficient (Wildman–Crippen LogP) is 12.9. The summed E-state index contributed by atoms with van der Waals surface area (Å²) >= 11 is 0. The van der Waals surface area contributed by atoms with E-state index in [0.29, 0.717) is 0 Å². The normalized spacial score (nSPS) is 14.7. The van der Waals surface area contributed by atoms with Crippen LogP contribution in [-0.2, 0) is 16.2 Å². The Hall–Kier alpha value is -6.46. The number of benzene rings is 6. The number of rotatable bonds is 6. The zero-order valence-corrected chi connectivity index (χ0v) is 34.3. The van der Waals surface area contributed by atoms with E-state index in [2.05, 4.69) is 208 Å². The van der Waals surface area contributed by atoms with Gasteiger partial charge in [0.1, 0.15) is 17.3 Å². The molecule has 0 aliphatic heterocycles. The fourth-order valence-electron chi connectivity index (χ4n) is 9.72. The van der Waals surface area contributed by atoms with E-state index in [9.17, 15) is 0 Å². The molecule has 1 aliphatic carbocycles. The molecule has 0 unspecified atom stereocenters. The molecule has 0 saturated heterocycles. The molecule has 0 saturated carbocycles. The lowest BCUT2D eigenvalue weighted by Crippen LogP contribution is -2.34. The molecular formula is C53H48N4O. The van der Waals surface area contributed by atoms with Crippen molar-refractivity contribution >= 4 is 32.8 Å². The maximum atomic E-state index is 6.74. The zero-order valence-electron chi connectivity index (χ0n) is 34.3. The molecule has 3 heterocycles. The first kappa shape index (κ1) is 35.9. The van der Waals surface area contributed by atoms with Gasteiger partial charge < -0.3 is 4.74 Å². The fraction of sp³-hybridized carbons (Fsp3) is 0.208. The molecule has 0 fully saturated rings. The van der Waals surface area contributed by atoms with Crippen LogP contribution in [0.1, 0.15) is 71.6 Å². The van der Waals surface area contributed by atoms with Gasteiger partial charge in [0.05, 0.1) is 33.4 Å². The quantitative estimate of drug-likeness (QED) is 0.125. The Labute approximate surface area is 340 Å². The first-order chi connectivity index (χ1) is 27.9. The Morgan fingerprint density at radius 1 is 0.655 bits per heavy atom. The highest BCUT2D eigenvalue weighted by molar-refractivity contribution is 6.09.